The van der Waals surface area contributed by atoms with E-state index in [1.807, 2.05) is 12.4 Å². The molecule has 3 heteroatoms. The Morgan fingerprint density at radius 3 is 1.61 bits per heavy atom. The van der Waals surface area contributed by atoms with Crippen LogP contribution in [0.25, 0.3) is 66.6 Å². The highest BCUT2D eigenvalue weighted by Crippen LogP contribution is 2.51. The van der Waals surface area contributed by atoms with Crippen LogP contribution in [0.5, 0.6) is 0 Å². The molecule has 3 nitrogen and oxygen atoms in total. The summed E-state index contributed by atoms with van der Waals surface area (Å²) >= 11 is 0. The smallest absolute Gasteiger partial charge is 0.140 e. The van der Waals surface area contributed by atoms with Crippen LogP contribution in [0.2, 0.25) is 0 Å². The second-order valence-electron chi connectivity index (χ2n) is 8.96. The number of hydrogen-bond acceptors (Lipinski definition) is 1. The van der Waals surface area contributed by atoms with E-state index in [4.69, 9.17) is 4.98 Å². The van der Waals surface area contributed by atoms with Crippen LogP contribution in [-0.4, -0.2) is 15.0 Å². The highest BCUT2D eigenvalue weighted by molar-refractivity contribution is 6.24. The highest BCUT2D eigenvalue weighted by Gasteiger charge is 2.27. The molecule has 0 saturated heterocycles. The molecule has 0 bridgehead atoms. The third-order valence-electron chi connectivity index (χ3n) is 6.88. The lowest BCUT2D eigenvalue weighted by Crippen LogP contribution is -1.97. The summed E-state index contributed by atoms with van der Waals surface area (Å²) in [6.07, 6.45) is 3.72. The molecule has 170 valence electrons. The molecule has 7 rings (SSSR count). The van der Waals surface area contributed by atoms with Crippen LogP contribution in [0, 0.1) is 0 Å². The van der Waals surface area contributed by atoms with Gasteiger partial charge in [-0.3, -0.25) is 0 Å². The summed E-state index contributed by atoms with van der Waals surface area (Å²) in [6, 6.07) is 40.7. The number of aromatic nitrogens is 3. The SMILES string of the molecule is c1ccc(-c2c(-c3ccccc3)c(-c3ccccc3)c3c([nH]c4ccccc43)c2-c2ncc[nH]2)cc1. The fourth-order valence-corrected chi connectivity index (χ4v) is 5.41. The number of imidazole rings is 1. The van der Waals surface area contributed by atoms with Crippen LogP contribution >= 0.6 is 0 Å². The van der Waals surface area contributed by atoms with Crippen molar-refractivity contribution in [3.63, 3.8) is 0 Å². The van der Waals surface area contributed by atoms with Crippen LogP contribution in [0.1, 0.15) is 0 Å². The fourth-order valence-electron chi connectivity index (χ4n) is 5.41. The van der Waals surface area contributed by atoms with E-state index in [9.17, 15) is 0 Å². The molecule has 0 atom stereocenters. The number of benzene rings is 5. The van der Waals surface area contributed by atoms with E-state index >= 15 is 0 Å². The topological polar surface area (TPSA) is 44.5 Å². The molecular weight excluding hydrogens is 438 g/mol. The van der Waals surface area contributed by atoms with Gasteiger partial charge in [0, 0.05) is 45.4 Å². The monoisotopic (exact) mass is 461 g/mol. The minimum absolute atomic E-state index is 0.849. The van der Waals surface area contributed by atoms with Gasteiger partial charge in [-0.2, -0.15) is 0 Å². The van der Waals surface area contributed by atoms with Gasteiger partial charge in [0.1, 0.15) is 5.82 Å². The summed E-state index contributed by atoms with van der Waals surface area (Å²) in [7, 11) is 0. The molecule has 2 N–H and O–H groups in total. The third kappa shape index (κ3) is 3.18. The molecular formula is C33H23N3. The zero-order valence-electron chi connectivity index (χ0n) is 19.6. The summed E-state index contributed by atoms with van der Waals surface area (Å²) < 4.78 is 0. The van der Waals surface area contributed by atoms with Crippen LogP contribution in [0.15, 0.2) is 128 Å². The Balaban J connectivity index is 1.81. The Kier molecular flexibility index (Phi) is 4.78. The second-order valence-corrected chi connectivity index (χ2v) is 8.96. The molecule has 2 aromatic heterocycles. The summed E-state index contributed by atoms with van der Waals surface area (Å²) in [5.41, 5.74) is 10.4. The van der Waals surface area contributed by atoms with Crippen molar-refractivity contribution in [2.75, 3.05) is 0 Å². The van der Waals surface area contributed by atoms with Gasteiger partial charge in [0.05, 0.1) is 5.52 Å². The number of hydrogen-bond donors (Lipinski definition) is 2. The van der Waals surface area contributed by atoms with Gasteiger partial charge in [-0.25, -0.2) is 4.98 Å². The molecule has 0 unspecified atom stereocenters. The summed E-state index contributed by atoms with van der Waals surface area (Å²) in [5, 5.41) is 2.41. The first-order chi connectivity index (χ1) is 17.9. The molecule has 0 aliphatic rings. The van der Waals surface area contributed by atoms with E-state index < -0.39 is 0 Å². The molecule has 0 amide bonds. The van der Waals surface area contributed by atoms with Crippen molar-refractivity contribution in [3.05, 3.63) is 128 Å². The predicted octanol–water partition coefficient (Wildman–Crippen LogP) is 8.71. The van der Waals surface area contributed by atoms with Crippen molar-refractivity contribution in [2.24, 2.45) is 0 Å². The van der Waals surface area contributed by atoms with E-state index in [1.54, 1.807) is 0 Å². The number of nitrogens with one attached hydrogen (secondary N) is 2. The lowest BCUT2D eigenvalue weighted by atomic mass is 9.81. The first kappa shape index (κ1) is 20.5. The lowest BCUT2D eigenvalue weighted by molar-refractivity contribution is 1.31. The molecule has 0 aliphatic carbocycles. The summed E-state index contributed by atoms with van der Waals surface area (Å²) in [5.74, 6) is 0.849. The van der Waals surface area contributed by atoms with Crippen molar-refractivity contribution in [2.45, 2.75) is 0 Å². The van der Waals surface area contributed by atoms with Crippen LogP contribution < -0.4 is 0 Å². The van der Waals surface area contributed by atoms with Gasteiger partial charge >= 0.3 is 0 Å². The molecule has 5 aromatic carbocycles. The average molecular weight is 462 g/mol. The van der Waals surface area contributed by atoms with Crippen LogP contribution in [0.3, 0.4) is 0 Å². The van der Waals surface area contributed by atoms with Crippen molar-refractivity contribution >= 4 is 21.8 Å². The normalized spacial score (nSPS) is 11.3. The summed E-state index contributed by atoms with van der Waals surface area (Å²) in [6.45, 7) is 0. The van der Waals surface area contributed by atoms with E-state index in [0.29, 0.717) is 0 Å². The highest BCUT2D eigenvalue weighted by atomic mass is 14.9. The number of para-hydroxylation sites is 1. The Morgan fingerprint density at radius 1 is 0.500 bits per heavy atom. The number of nitrogens with zero attached hydrogens (tertiary/aromatic N) is 1. The fraction of sp³-hybridized carbons (Fsp3) is 0. The van der Waals surface area contributed by atoms with Gasteiger partial charge in [0.15, 0.2) is 0 Å². The van der Waals surface area contributed by atoms with E-state index in [-0.39, 0.29) is 0 Å². The zero-order valence-corrected chi connectivity index (χ0v) is 19.6. The largest absolute Gasteiger partial charge is 0.354 e. The first-order valence-corrected chi connectivity index (χ1v) is 12.2. The maximum atomic E-state index is 4.75. The zero-order chi connectivity index (χ0) is 23.9. The van der Waals surface area contributed by atoms with Gasteiger partial charge in [-0.05, 0) is 28.3 Å². The molecule has 2 heterocycles. The molecule has 0 aliphatic heterocycles. The summed E-state index contributed by atoms with van der Waals surface area (Å²) in [4.78, 5) is 11.9. The molecule has 0 fully saturated rings. The van der Waals surface area contributed by atoms with Crippen LogP contribution in [-0.2, 0) is 0 Å². The van der Waals surface area contributed by atoms with Crippen molar-refractivity contribution < 1.29 is 0 Å². The Hall–Kier alpha value is -4.89. The molecule has 0 spiro atoms. The second kappa shape index (κ2) is 8.40. The van der Waals surface area contributed by atoms with Crippen LogP contribution in [0.4, 0.5) is 0 Å². The van der Waals surface area contributed by atoms with E-state index in [1.165, 1.54) is 33.0 Å². The lowest BCUT2D eigenvalue weighted by Gasteiger charge is -2.21. The average Bonchev–Trinajstić information content (AvgIpc) is 3.62. The predicted molar refractivity (Wildman–Crippen MR) is 150 cm³/mol. The Bertz CT molecular complexity index is 1800. The number of rotatable bonds is 4. The van der Waals surface area contributed by atoms with Gasteiger partial charge in [0.2, 0.25) is 0 Å². The minimum atomic E-state index is 0.849. The van der Waals surface area contributed by atoms with Gasteiger partial charge in [0.25, 0.3) is 0 Å². The van der Waals surface area contributed by atoms with Crippen molar-refractivity contribution in [1.82, 2.24) is 15.0 Å². The van der Waals surface area contributed by atoms with Gasteiger partial charge in [-0.1, -0.05) is 109 Å². The molecule has 7 aromatic rings. The van der Waals surface area contributed by atoms with Gasteiger partial charge in [-0.15, -0.1) is 0 Å². The minimum Gasteiger partial charge on any atom is -0.354 e. The maximum Gasteiger partial charge on any atom is 0.140 e. The Morgan fingerprint density at radius 2 is 1.03 bits per heavy atom. The van der Waals surface area contributed by atoms with E-state index in [0.717, 1.165) is 33.5 Å². The van der Waals surface area contributed by atoms with Crippen molar-refractivity contribution in [1.29, 1.82) is 0 Å². The van der Waals surface area contributed by atoms with Gasteiger partial charge < -0.3 is 9.97 Å². The molecule has 0 radical (unpaired) electrons. The quantitative estimate of drug-likeness (QED) is 0.270. The molecule has 36 heavy (non-hydrogen) atoms. The standard InChI is InChI=1S/C33H23N3/c1-4-12-22(13-5-1)27-28(23-14-6-2-7-15-23)30-25-18-10-11-19-26(25)36-32(30)31(33-34-20-21-35-33)29(27)24-16-8-3-9-17-24/h1-21,36H,(H,34,35). The number of H-pyrrole nitrogens is 2. The Labute approximate surface area is 209 Å². The third-order valence-corrected chi connectivity index (χ3v) is 6.88. The maximum absolute atomic E-state index is 4.75. The molecule has 0 saturated carbocycles. The van der Waals surface area contributed by atoms with E-state index in [2.05, 4.69) is 125 Å². The first-order valence-electron chi connectivity index (χ1n) is 12.2. The van der Waals surface area contributed by atoms with Crippen molar-refractivity contribution in [3.8, 4) is 44.8 Å². The number of aromatic amines is 2. The number of fused-ring (bicyclic) bond motifs is 3.